The lowest BCUT2D eigenvalue weighted by Gasteiger charge is -2.02. The van der Waals surface area contributed by atoms with Gasteiger partial charge in [0.1, 0.15) is 0 Å². The number of nitrogens with one attached hydrogen (secondary N) is 1. The van der Waals surface area contributed by atoms with Crippen LogP contribution in [0.25, 0.3) is 16.2 Å². The number of aromatic nitrogens is 4. The van der Waals surface area contributed by atoms with Crippen LogP contribution in [0.2, 0.25) is 0 Å². The van der Waals surface area contributed by atoms with Crippen LogP contribution in [0, 0.1) is 11.3 Å². The highest BCUT2D eigenvalue weighted by Gasteiger charge is 2.09. The van der Waals surface area contributed by atoms with Gasteiger partial charge in [-0.05, 0) is 29.8 Å². The van der Waals surface area contributed by atoms with Gasteiger partial charge in [-0.3, -0.25) is 4.98 Å². The predicted octanol–water partition coefficient (Wildman–Crippen LogP) is 3.34. The fourth-order valence-electron chi connectivity index (χ4n) is 2.35. The quantitative estimate of drug-likeness (QED) is 0.620. The van der Waals surface area contributed by atoms with Crippen molar-refractivity contribution < 1.29 is 0 Å². The van der Waals surface area contributed by atoms with Crippen LogP contribution in [0.5, 0.6) is 0 Å². The molecule has 0 fully saturated rings. The number of nitrogens with zero attached hydrogens (tertiary/aromatic N) is 5. The SMILES string of the molecule is N#Cc1cccc(CNc2nn3cc(-c4cccnc4)nc3s2)c1. The summed E-state index contributed by atoms with van der Waals surface area (Å²) in [5, 5.41) is 17.5. The minimum atomic E-state index is 0.613. The number of rotatable bonds is 4. The molecule has 0 radical (unpaired) electrons. The van der Waals surface area contributed by atoms with E-state index in [1.165, 1.54) is 11.3 Å². The smallest absolute Gasteiger partial charge is 0.214 e. The van der Waals surface area contributed by atoms with Crippen LogP contribution < -0.4 is 5.32 Å². The number of fused-ring (bicyclic) bond motifs is 1. The third-order valence-electron chi connectivity index (χ3n) is 3.50. The summed E-state index contributed by atoms with van der Waals surface area (Å²) in [6.45, 7) is 0.613. The van der Waals surface area contributed by atoms with Crippen LogP contribution in [0.15, 0.2) is 55.0 Å². The molecule has 0 bridgehead atoms. The fraction of sp³-hybridized carbons (Fsp3) is 0.0588. The number of hydrogen-bond donors (Lipinski definition) is 1. The number of hydrogen-bond acceptors (Lipinski definition) is 6. The average molecular weight is 332 g/mol. The summed E-state index contributed by atoms with van der Waals surface area (Å²) in [6.07, 6.45) is 5.42. The zero-order chi connectivity index (χ0) is 16.4. The maximum atomic E-state index is 8.94. The third kappa shape index (κ3) is 2.83. The number of nitriles is 1. The molecule has 4 rings (SSSR count). The highest BCUT2D eigenvalue weighted by Crippen LogP contribution is 2.24. The van der Waals surface area contributed by atoms with Crippen molar-refractivity contribution in [3.63, 3.8) is 0 Å². The topological polar surface area (TPSA) is 78.9 Å². The molecule has 3 aromatic heterocycles. The first-order chi connectivity index (χ1) is 11.8. The number of pyridine rings is 1. The van der Waals surface area contributed by atoms with E-state index in [1.807, 2.05) is 36.5 Å². The van der Waals surface area contributed by atoms with Crippen LogP contribution in [0.3, 0.4) is 0 Å². The van der Waals surface area contributed by atoms with Crippen LogP contribution in [0.4, 0.5) is 5.13 Å². The molecular formula is C17H12N6S. The van der Waals surface area contributed by atoms with Gasteiger partial charge in [-0.2, -0.15) is 5.26 Å². The monoisotopic (exact) mass is 332 g/mol. The molecule has 0 spiro atoms. The van der Waals surface area contributed by atoms with Crippen molar-refractivity contribution in [3.8, 4) is 17.3 Å². The summed E-state index contributed by atoms with van der Waals surface area (Å²) in [5.41, 5.74) is 3.52. The van der Waals surface area contributed by atoms with Gasteiger partial charge in [-0.25, -0.2) is 9.50 Å². The van der Waals surface area contributed by atoms with Crippen molar-refractivity contribution >= 4 is 21.4 Å². The van der Waals surface area contributed by atoms with E-state index in [1.54, 1.807) is 23.0 Å². The number of anilines is 1. The Morgan fingerprint density at radius 1 is 1.25 bits per heavy atom. The first kappa shape index (κ1) is 14.4. The maximum Gasteiger partial charge on any atom is 0.214 e. The van der Waals surface area contributed by atoms with E-state index >= 15 is 0 Å². The van der Waals surface area contributed by atoms with E-state index in [0.29, 0.717) is 12.1 Å². The largest absolute Gasteiger partial charge is 0.356 e. The van der Waals surface area contributed by atoms with Crippen molar-refractivity contribution in [1.82, 2.24) is 19.6 Å². The number of benzene rings is 1. The van der Waals surface area contributed by atoms with Gasteiger partial charge in [-0.1, -0.05) is 23.5 Å². The summed E-state index contributed by atoms with van der Waals surface area (Å²) in [5.74, 6) is 0. The molecule has 116 valence electrons. The Morgan fingerprint density at radius 3 is 3.00 bits per heavy atom. The molecule has 0 aliphatic heterocycles. The predicted molar refractivity (Wildman–Crippen MR) is 92.6 cm³/mol. The Morgan fingerprint density at radius 2 is 2.21 bits per heavy atom. The third-order valence-corrected chi connectivity index (χ3v) is 4.38. The summed E-state index contributed by atoms with van der Waals surface area (Å²) in [7, 11) is 0. The van der Waals surface area contributed by atoms with E-state index in [0.717, 1.165) is 26.9 Å². The van der Waals surface area contributed by atoms with Gasteiger partial charge in [0.2, 0.25) is 10.1 Å². The van der Waals surface area contributed by atoms with Crippen molar-refractivity contribution in [2.24, 2.45) is 0 Å². The molecule has 1 N–H and O–H groups in total. The second-order valence-corrected chi connectivity index (χ2v) is 6.12. The van der Waals surface area contributed by atoms with Gasteiger partial charge in [0.05, 0.1) is 23.5 Å². The van der Waals surface area contributed by atoms with E-state index < -0.39 is 0 Å². The van der Waals surface area contributed by atoms with Crippen LogP contribution >= 0.6 is 11.3 Å². The molecule has 0 saturated heterocycles. The van der Waals surface area contributed by atoms with Crippen molar-refractivity contribution in [2.75, 3.05) is 5.32 Å². The van der Waals surface area contributed by atoms with Gasteiger partial charge in [0.15, 0.2) is 0 Å². The highest BCUT2D eigenvalue weighted by atomic mass is 32.1. The highest BCUT2D eigenvalue weighted by molar-refractivity contribution is 7.20. The van der Waals surface area contributed by atoms with E-state index in [2.05, 4.69) is 26.5 Å². The van der Waals surface area contributed by atoms with Crippen LogP contribution in [-0.2, 0) is 6.54 Å². The molecule has 24 heavy (non-hydrogen) atoms. The molecule has 0 amide bonds. The molecule has 1 aromatic carbocycles. The first-order valence-corrected chi connectivity index (χ1v) is 8.13. The number of imidazole rings is 1. The second-order valence-electron chi connectivity index (χ2n) is 5.17. The lowest BCUT2D eigenvalue weighted by Crippen LogP contribution is -1.99. The average Bonchev–Trinajstić information content (AvgIpc) is 3.19. The Balaban J connectivity index is 1.52. The van der Waals surface area contributed by atoms with Gasteiger partial charge < -0.3 is 5.32 Å². The second kappa shape index (κ2) is 6.10. The maximum absolute atomic E-state index is 8.94. The molecule has 0 aliphatic carbocycles. The van der Waals surface area contributed by atoms with Gasteiger partial charge >= 0.3 is 0 Å². The minimum Gasteiger partial charge on any atom is -0.356 e. The van der Waals surface area contributed by atoms with Gasteiger partial charge in [0, 0.05) is 24.5 Å². The Hall–Kier alpha value is -3.24. The Bertz CT molecular complexity index is 997. The van der Waals surface area contributed by atoms with Crippen LogP contribution in [-0.4, -0.2) is 19.6 Å². The molecule has 0 atom stereocenters. The molecule has 0 saturated carbocycles. The summed E-state index contributed by atoms with van der Waals surface area (Å²) in [6, 6.07) is 13.5. The normalized spacial score (nSPS) is 10.6. The van der Waals surface area contributed by atoms with Crippen molar-refractivity contribution in [3.05, 3.63) is 66.1 Å². The summed E-state index contributed by atoms with van der Waals surface area (Å²) >= 11 is 1.49. The van der Waals surface area contributed by atoms with Gasteiger partial charge in [0.25, 0.3) is 0 Å². The first-order valence-electron chi connectivity index (χ1n) is 7.31. The lowest BCUT2D eigenvalue weighted by molar-refractivity contribution is 0.962. The Labute approximate surface area is 142 Å². The fourth-order valence-corrected chi connectivity index (χ4v) is 3.13. The summed E-state index contributed by atoms with van der Waals surface area (Å²) < 4.78 is 1.76. The van der Waals surface area contributed by atoms with E-state index in [4.69, 9.17) is 5.26 Å². The van der Waals surface area contributed by atoms with E-state index in [9.17, 15) is 0 Å². The molecule has 3 heterocycles. The molecule has 4 aromatic rings. The van der Waals surface area contributed by atoms with E-state index in [-0.39, 0.29) is 0 Å². The zero-order valence-corrected chi connectivity index (χ0v) is 13.4. The molecule has 0 unspecified atom stereocenters. The Kier molecular flexibility index (Phi) is 3.65. The van der Waals surface area contributed by atoms with Crippen molar-refractivity contribution in [2.45, 2.75) is 6.54 Å². The standard InChI is InChI=1S/C17H12N6S/c18-8-12-3-1-4-13(7-12)9-20-16-22-23-11-15(21-17(23)24-16)14-5-2-6-19-10-14/h1-7,10-11H,9H2,(H,20,22). The molecular weight excluding hydrogens is 320 g/mol. The zero-order valence-electron chi connectivity index (χ0n) is 12.5. The molecule has 7 heteroatoms. The van der Waals surface area contributed by atoms with Crippen LogP contribution in [0.1, 0.15) is 11.1 Å². The van der Waals surface area contributed by atoms with Gasteiger partial charge in [-0.15, -0.1) is 5.10 Å². The lowest BCUT2D eigenvalue weighted by atomic mass is 10.1. The summed E-state index contributed by atoms with van der Waals surface area (Å²) in [4.78, 5) is 9.51. The molecule has 6 nitrogen and oxygen atoms in total. The van der Waals surface area contributed by atoms with Crippen molar-refractivity contribution in [1.29, 1.82) is 5.26 Å². The molecule has 0 aliphatic rings. The minimum absolute atomic E-state index is 0.613.